The number of aliphatic hydroxyl groups is 6. The van der Waals surface area contributed by atoms with Gasteiger partial charge in [0.05, 0.1) is 26.4 Å². The molecule has 0 amide bonds. The Labute approximate surface area is 317 Å². The van der Waals surface area contributed by atoms with Crippen molar-refractivity contribution in [2.45, 2.75) is 61.2 Å². The highest BCUT2D eigenvalue weighted by Gasteiger charge is 2.52. The lowest BCUT2D eigenvalue weighted by molar-refractivity contribution is -0.342. The maximum Gasteiger partial charge on any atom is 0.330 e. The molecule has 6 rings (SSSR count). The Kier molecular flexibility index (Phi) is 12.1. The van der Waals surface area contributed by atoms with E-state index in [1.807, 2.05) is 0 Å². The highest BCUT2D eigenvalue weighted by atomic mass is 16.7. The number of rotatable bonds is 11. The number of esters is 1. The number of methoxy groups -OCH3 is 2. The van der Waals surface area contributed by atoms with Crippen LogP contribution in [0.5, 0.6) is 28.7 Å². The van der Waals surface area contributed by atoms with Crippen molar-refractivity contribution in [3.05, 3.63) is 82.0 Å². The van der Waals surface area contributed by atoms with E-state index in [1.54, 1.807) is 0 Å². The van der Waals surface area contributed by atoms with Gasteiger partial charge in [-0.15, -0.1) is 0 Å². The van der Waals surface area contributed by atoms with E-state index < -0.39 is 91.6 Å². The van der Waals surface area contributed by atoms with Crippen LogP contribution in [0.1, 0.15) is 17.2 Å². The fourth-order valence-corrected chi connectivity index (χ4v) is 6.48. The summed E-state index contributed by atoms with van der Waals surface area (Å²) in [4.78, 5) is 26.0. The Bertz CT molecular complexity index is 2110. The fourth-order valence-electron chi connectivity index (χ4n) is 6.48. The zero-order chi connectivity index (χ0) is 40.4. The number of ether oxygens (including phenoxy) is 6. The maximum absolute atomic E-state index is 13.5. The molecule has 2 fully saturated rings. The van der Waals surface area contributed by atoms with Gasteiger partial charge in [0.2, 0.25) is 0 Å². The topological polar surface area (TPSA) is 285 Å². The molecule has 56 heavy (non-hydrogen) atoms. The smallest absolute Gasteiger partial charge is 0.330 e. The second-order valence-corrected chi connectivity index (χ2v) is 13.0. The summed E-state index contributed by atoms with van der Waals surface area (Å²) < 4.78 is 39.2. The Hall–Kier alpha value is -5.28. The molecule has 0 spiro atoms. The van der Waals surface area contributed by atoms with Crippen molar-refractivity contribution >= 4 is 23.0 Å². The van der Waals surface area contributed by atoms with Crippen molar-refractivity contribution in [3.63, 3.8) is 0 Å². The van der Waals surface area contributed by atoms with Crippen LogP contribution in [0.3, 0.4) is 0 Å². The summed E-state index contributed by atoms with van der Waals surface area (Å²) in [5.74, 6) is -1.70. The number of carbonyl (C=O) groups excluding carboxylic acids is 1. The Morgan fingerprint density at radius 2 is 1.50 bits per heavy atom. The molecule has 3 heterocycles. The highest BCUT2D eigenvalue weighted by molar-refractivity contribution is 5.88. The van der Waals surface area contributed by atoms with Crippen LogP contribution in [0.4, 0.5) is 0 Å². The molecule has 2 aliphatic heterocycles. The number of phenolic OH excluding ortho intramolecular Hbond substituents is 3. The van der Waals surface area contributed by atoms with E-state index >= 15 is 0 Å². The largest absolute Gasteiger partial charge is 0.508 e. The molecule has 0 aliphatic carbocycles. The predicted molar refractivity (Wildman–Crippen MR) is 191 cm³/mol. The Morgan fingerprint density at radius 1 is 0.804 bits per heavy atom. The summed E-state index contributed by atoms with van der Waals surface area (Å²) in [6.45, 7) is -1.50. The molecule has 2 saturated heterocycles. The second kappa shape index (κ2) is 16.8. The number of fused-ring (bicyclic) bond motifs is 1. The third-order valence-electron chi connectivity index (χ3n) is 9.48. The fraction of sp³-hybridized carbons (Fsp3) is 0.368. The number of aromatic hydroxyl groups is 3. The minimum Gasteiger partial charge on any atom is -0.508 e. The van der Waals surface area contributed by atoms with E-state index in [9.17, 15) is 55.5 Å². The molecule has 0 radical (unpaired) electrons. The minimum absolute atomic E-state index is 0.0214. The van der Waals surface area contributed by atoms with Gasteiger partial charge in [-0.05, 0) is 48.0 Å². The summed E-state index contributed by atoms with van der Waals surface area (Å²) in [5.41, 5.74) is -0.256. The number of hydrogen-bond acceptors (Lipinski definition) is 18. The lowest BCUT2D eigenvalue weighted by Gasteiger charge is -2.46. The molecule has 1 aromatic heterocycles. The number of benzene rings is 3. The van der Waals surface area contributed by atoms with E-state index in [2.05, 4.69) is 0 Å². The number of hydrogen-bond donors (Lipinski definition) is 9. The molecule has 4 aromatic rings. The lowest BCUT2D eigenvalue weighted by Crippen LogP contribution is -2.63. The zero-order valence-electron chi connectivity index (χ0n) is 29.7. The lowest BCUT2D eigenvalue weighted by atomic mass is 9.89. The average Bonchev–Trinajstić information content (AvgIpc) is 3.19. The van der Waals surface area contributed by atoms with Crippen molar-refractivity contribution in [1.29, 1.82) is 0 Å². The number of phenols is 3. The van der Waals surface area contributed by atoms with Crippen molar-refractivity contribution < 1.29 is 83.6 Å². The summed E-state index contributed by atoms with van der Waals surface area (Å²) in [7, 11) is 2.57. The van der Waals surface area contributed by atoms with Crippen LogP contribution in [-0.2, 0) is 23.7 Å². The number of aliphatic hydroxyl groups excluding tert-OH is 6. The van der Waals surface area contributed by atoms with Gasteiger partial charge in [0, 0.05) is 23.8 Å². The normalized spacial score (nSPS) is 28.0. The van der Waals surface area contributed by atoms with Crippen LogP contribution in [0, 0.1) is 0 Å². The summed E-state index contributed by atoms with van der Waals surface area (Å²) in [6.07, 6.45) is -15.5. The molecule has 10 atom stereocenters. The summed E-state index contributed by atoms with van der Waals surface area (Å²) >= 11 is 0. The molecular formula is C38H40O18. The van der Waals surface area contributed by atoms with Crippen molar-refractivity contribution in [3.8, 4) is 40.1 Å². The van der Waals surface area contributed by atoms with Gasteiger partial charge in [0.1, 0.15) is 95.5 Å². The first-order valence-corrected chi connectivity index (χ1v) is 17.1. The molecule has 18 heteroatoms. The van der Waals surface area contributed by atoms with Gasteiger partial charge < -0.3 is 78.8 Å². The molecule has 2 aliphatic rings. The Balaban J connectivity index is 1.28. The first-order chi connectivity index (χ1) is 26.8. The van der Waals surface area contributed by atoms with Gasteiger partial charge in [-0.2, -0.15) is 0 Å². The monoisotopic (exact) mass is 784 g/mol. The van der Waals surface area contributed by atoms with E-state index in [1.165, 1.54) is 68.8 Å². The molecule has 4 unspecified atom stereocenters. The molecule has 300 valence electrons. The van der Waals surface area contributed by atoms with E-state index in [-0.39, 0.29) is 45.3 Å². The van der Waals surface area contributed by atoms with Gasteiger partial charge in [-0.1, -0.05) is 6.07 Å². The quantitative estimate of drug-likeness (QED) is 0.0725. The van der Waals surface area contributed by atoms with Crippen molar-refractivity contribution in [2.24, 2.45) is 0 Å². The van der Waals surface area contributed by atoms with Gasteiger partial charge in [-0.25, -0.2) is 4.79 Å². The van der Waals surface area contributed by atoms with Crippen LogP contribution in [0.25, 0.3) is 28.4 Å². The zero-order valence-corrected chi connectivity index (χ0v) is 29.7. The first-order valence-electron chi connectivity index (χ1n) is 17.1. The molecular weight excluding hydrogens is 744 g/mol. The maximum atomic E-state index is 13.5. The third-order valence-corrected chi connectivity index (χ3v) is 9.48. The SMILES string of the molecule is COc1cc(/C=C/C(=O)OC[C@H]2O[C@@H](OC3C(c4c(OC)cc5oc(-c6ccc(O)cc6)cc(=O)c5c4O)OC(CO)C(O)[C@@H]3O)[C@H](O)[C@@H](O)[C@@H]2O)ccc1O. The Morgan fingerprint density at radius 3 is 2.18 bits per heavy atom. The first kappa shape index (κ1) is 40.4. The highest BCUT2D eigenvalue weighted by Crippen LogP contribution is 2.46. The molecule has 0 bridgehead atoms. The van der Waals surface area contributed by atoms with Gasteiger partial charge >= 0.3 is 5.97 Å². The van der Waals surface area contributed by atoms with Gasteiger partial charge in [0.15, 0.2) is 23.2 Å². The van der Waals surface area contributed by atoms with Crippen LogP contribution in [0.15, 0.2) is 69.9 Å². The van der Waals surface area contributed by atoms with Crippen LogP contribution < -0.4 is 14.9 Å². The van der Waals surface area contributed by atoms with E-state index in [0.717, 1.165) is 12.1 Å². The molecule has 18 nitrogen and oxygen atoms in total. The standard InChI is InChI=1S/C38H40O18/c1-50-22-11-16(3-9-19(22)41)4-10-27(43)52-15-26-31(45)33(47)35(49)38(55-26)56-37-34(48)30(44)25(14-39)54-36(37)29-23(51-2)13-24-28(32(29)46)20(42)12-21(53-24)17-5-7-18(40)8-6-17/h3-13,25-26,30-31,33-41,44-49H,14-15H2,1-2H3/b10-4+/t25?,26-,30?,31-,33+,34+,35-,36?,37?,38+/m1/s1. The van der Waals surface area contributed by atoms with E-state index in [0.29, 0.717) is 11.1 Å². The van der Waals surface area contributed by atoms with Crippen LogP contribution >= 0.6 is 0 Å². The summed E-state index contributed by atoms with van der Waals surface area (Å²) in [6, 6.07) is 12.5. The molecule has 9 N–H and O–H groups in total. The van der Waals surface area contributed by atoms with Crippen molar-refractivity contribution in [1.82, 2.24) is 0 Å². The third kappa shape index (κ3) is 8.01. The van der Waals surface area contributed by atoms with Crippen LogP contribution in [-0.4, -0.2) is 134 Å². The second-order valence-electron chi connectivity index (χ2n) is 13.0. The number of carbonyl (C=O) groups is 1. The van der Waals surface area contributed by atoms with E-state index in [4.69, 9.17) is 32.8 Å². The van der Waals surface area contributed by atoms with Gasteiger partial charge in [-0.3, -0.25) is 4.79 Å². The van der Waals surface area contributed by atoms with Gasteiger partial charge in [0.25, 0.3) is 0 Å². The predicted octanol–water partition coefficient (Wildman–Crippen LogP) is 0.197. The average molecular weight is 785 g/mol. The van der Waals surface area contributed by atoms with Crippen molar-refractivity contribution in [2.75, 3.05) is 27.4 Å². The summed E-state index contributed by atoms with van der Waals surface area (Å²) in [5, 5.41) is 95.2. The van der Waals surface area contributed by atoms with Crippen LogP contribution in [0.2, 0.25) is 0 Å². The molecule has 3 aromatic carbocycles. The minimum atomic E-state index is -2.00. The molecule has 0 saturated carbocycles.